The molecule has 2 aromatic rings. The van der Waals surface area contributed by atoms with Crippen LogP contribution in [0.4, 0.5) is 0 Å². The lowest BCUT2D eigenvalue weighted by Crippen LogP contribution is -1.91. The van der Waals surface area contributed by atoms with Crippen LogP contribution < -0.4 is 0 Å². The molecule has 0 atom stereocenters. The number of carboxylic acids is 1. The van der Waals surface area contributed by atoms with Crippen LogP contribution in [-0.4, -0.2) is 21.3 Å². The molecule has 1 aromatic carbocycles. The summed E-state index contributed by atoms with van der Waals surface area (Å²) in [5.41, 5.74) is 2.26. The Balaban J connectivity index is 2.12. The van der Waals surface area contributed by atoms with Crippen molar-refractivity contribution in [2.75, 3.05) is 0 Å². The second kappa shape index (κ2) is 5.27. The van der Waals surface area contributed by atoms with Gasteiger partial charge in [0.2, 0.25) is 11.8 Å². The number of aliphatic carboxylic acids is 1. The van der Waals surface area contributed by atoms with Gasteiger partial charge < -0.3 is 9.52 Å². The summed E-state index contributed by atoms with van der Waals surface area (Å²) in [6.45, 7) is 2.01. The quantitative estimate of drug-likeness (QED) is 0.833. The van der Waals surface area contributed by atoms with Gasteiger partial charge in [-0.25, -0.2) is 4.79 Å². The molecule has 0 radical (unpaired) electrons. The van der Waals surface area contributed by atoms with E-state index >= 15 is 0 Å². The first-order valence-electron chi connectivity index (χ1n) is 5.43. The van der Waals surface area contributed by atoms with E-state index in [-0.39, 0.29) is 5.89 Å². The lowest BCUT2D eigenvalue weighted by atomic mass is 10.1. The third-order valence-electron chi connectivity index (χ3n) is 2.45. The van der Waals surface area contributed by atoms with Crippen LogP contribution in [0.25, 0.3) is 6.08 Å². The largest absolute Gasteiger partial charge is 0.478 e. The molecule has 18 heavy (non-hydrogen) atoms. The molecule has 0 amide bonds. The second-order valence-corrected chi connectivity index (χ2v) is 3.81. The van der Waals surface area contributed by atoms with Crippen molar-refractivity contribution < 1.29 is 14.3 Å². The van der Waals surface area contributed by atoms with Gasteiger partial charge >= 0.3 is 5.97 Å². The lowest BCUT2D eigenvalue weighted by molar-refractivity contribution is -0.131. The van der Waals surface area contributed by atoms with Crippen molar-refractivity contribution >= 4 is 12.0 Å². The Kier molecular flexibility index (Phi) is 3.52. The molecule has 0 aliphatic carbocycles. The molecule has 92 valence electrons. The maximum absolute atomic E-state index is 10.3. The van der Waals surface area contributed by atoms with Gasteiger partial charge in [0.05, 0.1) is 6.42 Å². The Morgan fingerprint density at radius 3 is 2.89 bits per heavy atom. The molecule has 0 aliphatic heterocycles. The Morgan fingerprint density at radius 1 is 1.39 bits per heavy atom. The maximum atomic E-state index is 10.3. The third kappa shape index (κ3) is 3.04. The van der Waals surface area contributed by atoms with Gasteiger partial charge in [-0.05, 0) is 18.1 Å². The summed E-state index contributed by atoms with van der Waals surface area (Å²) in [4.78, 5) is 10.3. The van der Waals surface area contributed by atoms with Crippen LogP contribution in [0.15, 0.2) is 34.8 Å². The highest BCUT2D eigenvalue weighted by molar-refractivity contribution is 5.84. The van der Waals surface area contributed by atoms with E-state index in [0.717, 1.165) is 17.2 Å². The van der Waals surface area contributed by atoms with Gasteiger partial charge in [0.25, 0.3) is 0 Å². The molecule has 1 N–H and O–H groups in total. The molecule has 0 aliphatic rings. The number of carbonyl (C=O) groups is 1. The Labute approximate surface area is 104 Å². The molecule has 0 saturated heterocycles. The van der Waals surface area contributed by atoms with Gasteiger partial charge in [0.1, 0.15) is 0 Å². The molecule has 0 unspecified atom stereocenters. The first-order chi connectivity index (χ1) is 8.65. The summed E-state index contributed by atoms with van der Waals surface area (Å²) < 4.78 is 5.32. The molecule has 5 nitrogen and oxygen atoms in total. The summed E-state index contributed by atoms with van der Waals surface area (Å²) in [5, 5.41) is 16.1. The molecule has 0 fully saturated rings. The molecule has 1 aromatic heterocycles. The van der Waals surface area contributed by atoms with Gasteiger partial charge in [-0.3, -0.25) is 0 Å². The van der Waals surface area contributed by atoms with Crippen molar-refractivity contribution in [3.05, 3.63) is 53.2 Å². The first kappa shape index (κ1) is 12.0. The van der Waals surface area contributed by atoms with Crippen LogP contribution in [-0.2, 0) is 11.2 Å². The third-order valence-corrected chi connectivity index (χ3v) is 2.45. The average molecular weight is 244 g/mol. The van der Waals surface area contributed by atoms with E-state index in [1.165, 1.54) is 6.08 Å². The van der Waals surface area contributed by atoms with Gasteiger partial charge in [0, 0.05) is 12.2 Å². The Bertz CT molecular complexity index is 587. The predicted octanol–water partition coefficient (Wildman–Crippen LogP) is 2.07. The zero-order valence-electron chi connectivity index (χ0n) is 9.83. The minimum Gasteiger partial charge on any atom is -0.478 e. The van der Waals surface area contributed by atoms with Crippen molar-refractivity contribution in [2.45, 2.75) is 13.3 Å². The highest BCUT2D eigenvalue weighted by Crippen LogP contribution is 2.13. The van der Waals surface area contributed by atoms with Crippen LogP contribution in [0.1, 0.15) is 22.9 Å². The summed E-state index contributed by atoms with van der Waals surface area (Å²) in [7, 11) is 0. The van der Waals surface area contributed by atoms with Crippen molar-refractivity contribution in [3.8, 4) is 0 Å². The van der Waals surface area contributed by atoms with Crippen LogP contribution in [0.2, 0.25) is 0 Å². The fourth-order valence-corrected chi connectivity index (χ4v) is 1.52. The molecular formula is C13H12N2O3. The van der Waals surface area contributed by atoms with E-state index in [1.807, 2.05) is 31.2 Å². The SMILES string of the molecule is Cc1ccccc1Cc1nnc(/C=C/C(=O)O)o1. The molecule has 2 rings (SSSR count). The number of hydrogen-bond acceptors (Lipinski definition) is 4. The number of aromatic nitrogens is 2. The zero-order chi connectivity index (χ0) is 13.0. The number of hydrogen-bond donors (Lipinski definition) is 1. The van der Waals surface area contributed by atoms with Crippen molar-refractivity contribution in [2.24, 2.45) is 0 Å². The zero-order valence-corrected chi connectivity index (χ0v) is 9.83. The predicted molar refractivity (Wildman–Crippen MR) is 65.0 cm³/mol. The summed E-state index contributed by atoms with van der Waals surface area (Å²) >= 11 is 0. The van der Waals surface area contributed by atoms with Gasteiger partial charge in [-0.15, -0.1) is 10.2 Å². The minimum atomic E-state index is -1.05. The number of rotatable bonds is 4. The summed E-state index contributed by atoms with van der Waals surface area (Å²) in [6, 6.07) is 7.92. The normalized spacial score (nSPS) is 10.9. The van der Waals surface area contributed by atoms with Crippen molar-refractivity contribution in [1.29, 1.82) is 0 Å². The molecule has 5 heteroatoms. The number of benzene rings is 1. The van der Waals surface area contributed by atoms with E-state index in [1.54, 1.807) is 0 Å². The van der Waals surface area contributed by atoms with Gasteiger partial charge in [-0.1, -0.05) is 24.3 Å². The van der Waals surface area contributed by atoms with Crippen molar-refractivity contribution in [1.82, 2.24) is 10.2 Å². The monoisotopic (exact) mass is 244 g/mol. The van der Waals surface area contributed by atoms with E-state index in [4.69, 9.17) is 9.52 Å². The Morgan fingerprint density at radius 2 is 2.17 bits per heavy atom. The second-order valence-electron chi connectivity index (χ2n) is 3.81. The minimum absolute atomic E-state index is 0.195. The van der Waals surface area contributed by atoms with E-state index in [9.17, 15) is 4.79 Å². The lowest BCUT2D eigenvalue weighted by Gasteiger charge is -2.00. The Hall–Kier alpha value is -2.43. The van der Waals surface area contributed by atoms with Gasteiger partial charge in [0.15, 0.2) is 0 Å². The summed E-state index contributed by atoms with van der Waals surface area (Å²) in [5.74, 6) is -0.385. The summed E-state index contributed by atoms with van der Waals surface area (Å²) in [6.07, 6.45) is 2.78. The molecular weight excluding hydrogens is 232 g/mol. The standard InChI is InChI=1S/C13H12N2O3/c1-9-4-2-3-5-10(9)8-12-15-14-11(18-12)6-7-13(16)17/h2-7H,8H2,1H3,(H,16,17)/b7-6+. The number of carboxylic acid groups (broad SMARTS) is 1. The molecule has 0 saturated carbocycles. The fraction of sp³-hybridized carbons (Fsp3) is 0.154. The van der Waals surface area contributed by atoms with E-state index in [0.29, 0.717) is 12.3 Å². The number of nitrogens with zero attached hydrogens (tertiary/aromatic N) is 2. The van der Waals surface area contributed by atoms with E-state index in [2.05, 4.69) is 10.2 Å². The van der Waals surface area contributed by atoms with E-state index < -0.39 is 5.97 Å². The highest BCUT2D eigenvalue weighted by Gasteiger charge is 2.06. The average Bonchev–Trinajstić information content (AvgIpc) is 2.77. The van der Waals surface area contributed by atoms with Gasteiger partial charge in [-0.2, -0.15) is 0 Å². The first-order valence-corrected chi connectivity index (χ1v) is 5.43. The van der Waals surface area contributed by atoms with Crippen LogP contribution in [0.3, 0.4) is 0 Å². The maximum Gasteiger partial charge on any atom is 0.328 e. The fourth-order valence-electron chi connectivity index (χ4n) is 1.52. The van der Waals surface area contributed by atoms with Crippen LogP contribution in [0.5, 0.6) is 0 Å². The van der Waals surface area contributed by atoms with Crippen molar-refractivity contribution in [3.63, 3.8) is 0 Å². The van der Waals surface area contributed by atoms with Crippen LogP contribution in [0, 0.1) is 6.92 Å². The number of aryl methyl sites for hydroxylation is 1. The molecule has 0 spiro atoms. The highest BCUT2D eigenvalue weighted by atomic mass is 16.4. The van der Waals surface area contributed by atoms with Crippen LogP contribution >= 0.6 is 0 Å². The molecule has 0 bridgehead atoms. The topological polar surface area (TPSA) is 76.2 Å². The molecule has 1 heterocycles. The smallest absolute Gasteiger partial charge is 0.328 e.